The summed E-state index contributed by atoms with van der Waals surface area (Å²) in [5.41, 5.74) is 2.00. The number of aryl methyl sites for hydroxylation is 1. The summed E-state index contributed by atoms with van der Waals surface area (Å²) in [4.78, 5) is 26.3. The van der Waals surface area contributed by atoms with Crippen molar-refractivity contribution in [3.05, 3.63) is 35.4 Å². The number of hydrogen-bond donors (Lipinski definition) is 1. The number of rotatable bonds is 2. The van der Waals surface area contributed by atoms with Gasteiger partial charge in [-0.3, -0.25) is 9.59 Å². The third-order valence-corrected chi connectivity index (χ3v) is 6.29. The number of likely N-dealkylation sites (tertiary alicyclic amines) is 1. The first-order chi connectivity index (χ1) is 11.0. The largest absolute Gasteiger partial charge is 0.481 e. The average Bonchev–Trinajstić information content (AvgIpc) is 3.16. The van der Waals surface area contributed by atoms with Crippen LogP contribution in [0.4, 0.5) is 0 Å². The van der Waals surface area contributed by atoms with E-state index in [-0.39, 0.29) is 17.2 Å². The number of amides is 1. The van der Waals surface area contributed by atoms with Crippen LogP contribution in [0.15, 0.2) is 24.3 Å². The van der Waals surface area contributed by atoms with Gasteiger partial charge in [0.25, 0.3) is 0 Å². The van der Waals surface area contributed by atoms with Crippen molar-refractivity contribution in [3.8, 4) is 0 Å². The maximum absolute atomic E-state index is 13.0. The minimum atomic E-state index is -0.788. The van der Waals surface area contributed by atoms with E-state index in [0.29, 0.717) is 19.5 Å². The third kappa shape index (κ3) is 2.11. The zero-order chi connectivity index (χ0) is 16.2. The first-order valence-electron chi connectivity index (χ1n) is 8.57. The Morgan fingerprint density at radius 1 is 1.26 bits per heavy atom. The highest BCUT2D eigenvalue weighted by atomic mass is 16.4. The summed E-state index contributed by atoms with van der Waals surface area (Å²) in [6.07, 6.45) is 4.50. The second kappa shape index (κ2) is 4.83. The number of carbonyl (C=O) groups excluding carboxylic acids is 1. The maximum Gasteiger partial charge on any atom is 0.311 e. The molecular weight excluding hydrogens is 290 g/mol. The van der Waals surface area contributed by atoms with Crippen LogP contribution in [0.5, 0.6) is 0 Å². The molecule has 3 unspecified atom stereocenters. The maximum atomic E-state index is 13.0. The highest BCUT2D eigenvalue weighted by molar-refractivity contribution is 5.86. The lowest BCUT2D eigenvalue weighted by molar-refractivity contribution is -0.153. The van der Waals surface area contributed by atoms with Gasteiger partial charge in [0.15, 0.2) is 0 Å². The quantitative estimate of drug-likeness (QED) is 0.913. The molecule has 1 heterocycles. The van der Waals surface area contributed by atoms with E-state index in [9.17, 15) is 14.7 Å². The lowest BCUT2D eigenvalue weighted by Crippen LogP contribution is -2.49. The summed E-state index contributed by atoms with van der Waals surface area (Å²) in [5, 5.41) is 9.45. The molecule has 4 heteroatoms. The summed E-state index contributed by atoms with van der Waals surface area (Å²) < 4.78 is 0. The van der Waals surface area contributed by atoms with E-state index < -0.39 is 11.4 Å². The first-order valence-corrected chi connectivity index (χ1v) is 8.57. The third-order valence-electron chi connectivity index (χ3n) is 6.29. The summed E-state index contributed by atoms with van der Waals surface area (Å²) in [6.45, 7) is 2.83. The lowest BCUT2D eigenvalue weighted by atomic mass is 9.81. The van der Waals surface area contributed by atoms with Crippen molar-refractivity contribution in [3.63, 3.8) is 0 Å². The Morgan fingerprint density at radius 2 is 2.04 bits per heavy atom. The van der Waals surface area contributed by atoms with Crippen LogP contribution in [-0.2, 0) is 21.4 Å². The molecule has 1 amide bonds. The summed E-state index contributed by atoms with van der Waals surface area (Å²) in [6, 6.07) is 8.48. The van der Waals surface area contributed by atoms with Gasteiger partial charge in [-0.15, -0.1) is 0 Å². The lowest BCUT2D eigenvalue weighted by Gasteiger charge is -2.38. The second-order valence-corrected chi connectivity index (χ2v) is 7.80. The van der Waals surface area contributed by atoms with Gasteiger partial charge in [-0.1, -0.05) is 24.3 Å². The molecule has 0 aromatic heterocycles. The Morgan fingerprint density at radius 3 is 2.83 bits per heavy atom. The minimum Gasteiger partial charge on any atom is -0.481 e. The van der Waals surface area contributed by atoms with Gasteiger partial charge in [0, 0.05) is 24.4 Å². The van der Waals surface area contributed by atoms with Crippen LogP contribution in [0.2, 0.25) is 0 Å². The fourth-order valence-electron chi connectivity index (χ4n) is 4.74. The first kappa shape index (κ1) is 14.7. The zero-order valence-corrected chi connectivity index (χ0v) is 13.5. The predicted molar refractivity (Wildman–Crippen MR) is 86.1 cm³/mol. The molecule has 4 nitrogen and oxygen atoms in total. The molecule has 3 aliphatic rings. The van der Waals surface area contributed by atoms with Gasteiger partial charge in [-0.25, -0.2) is 0 Å². The standard InChI is InChI=1S/C19H23NO3/c1-18(17(22)23)8-4-10-20(12-18)16(21)15-11-19(15)9-7-13-5-2-3-6-14(13)19/h2-3,5-6,15H,4,7-12H2,1H3,(H,22,23). The number of carbonyl (C=O) groups is 2. The van der Waals surface area contributed by atoms with Crippen molar-refractivity contribution in [1.29, 1.82) is 0 Å². The van der Waals surface area contributed by atoms with Crippen LogP contribution in [0.1, 0.15) is 43.7 Å². The number of hydrogen-bond acceptors (Lipinski definition) is 2. The van der Waals surface area contributed by atoms with E-state index in [2.05, 4.69) is 24.3 Å². The van der Waals surface area contributed by atoms with Gasteiger partial charge in [-0.05, 0) is 50.2 Å². The van der Waals surface area contributed by atoms with Crippen LogP contribution < -0.4 is 0 Å². The van der Waals surface area contributed by atoms with E-state index in [0.717, 1.165) is 25.7 Å². The number of benzene rings is 1. The molecule has 2 fully saturated rings. The van der Waals surface area contributed by atoms with Crippen molar-refractivity contribution >= 4 is 11.9 Å². The van der Waals surface area contributed by atoms with E-state index in [1.54, 1.807) is 6.92 Å². The molecule has 1 aromatic rings. The van der Waals surface area contributed by atoms with Crippen LogP contribution >= 0.6 is 0 Å². The molecule has 1 spiro atoms. The van der Waals surface area contributed by atoms with Gasteiger partial charge in [0.05, 0.1) is 5.41 Å². The Kier molecular flexibility index (Phi) is 3.09. The van der Waals surface area contributed by atoms with E-state index >= 15 is 0 Å². The van der Waals surface area contributed by atoms with Gasteiger partial charge < -0.3 is 10.0 Å². The van der Waals surface area contributed by atoms with Crippen LogP contribution in [0.25, 0.3) is 0 Å². The van der Waals surface area contributed by atoms with Crippen molar-refractivity contribution < 1.29 is 14.7 Å². The van der Waals surface area contributed by atoms with E-state index in [1.165, 1.54) is 11.1 Å². The molecule has 1 aromatic carbocycles. The Balaban J connectivity index is 1.53. The zero-order valence-electron chi connectivity index (χ0n) is 13.5. The number of carboxylic acid groups (broad SMARTS) is 1. The van der Waals surface area contributed by atoms with Gasteiger partial charge in [-0.2, -0.15) is 0 Å². The van der Waals surface area contributed by atoms with Crippen LogP contribution in [0.3, 0.4) is 0 Å². The van der Waals surface area contributed by atoms with Gasteiger partial charge in [0.2, 0.25) is 5.91 Å². The fourth-order valence-corrected chi connectivity index (χ4v) is 4.74. The average molecular weight is 313 g/mol. The number of aliphatic carboxylic acids is 1. The van der Waals surface area contributed by atoms with Gasteiger partial charge in [0.1, 0.15) is 0 Å². The summed E-state index contributed by atoms with van der Waals surface area (Å²) in [7, 11) is 0. The highest BCUT2D eigenvalue weighted by Gasteiger charge is 2.62. The van der Waals surface area contributed by atoms with Crippen molar-refractivity contribution in [2.75, 3.05) is 13.1 Å². The molecule has 0 radical (unpaired) electrons. The number of piperidine rings is 1. The van der Waals surface area contributed by atoms with Crippen molar-refractivity contribution in [2.24, 2.45) is 11.3 Å². The van der Waals surface area contributed by atoms with Crippen molar-refractivity contribution in [1.82, 2.24) is 4.90 Å². The Labute approximate surface area is 136 Å². The highest BCUT2D eigenvalue weighted by Crippen LogP contribution is 2.62. The fraction of sp³-hybridized carbons (Fsp3) is 0.579. The van der Waals surface area contributed by atoms with E-state index in [1.807, 2.05) is 4.90 Å². The molecule has 122 valence electrons. The molecule has 1 saturated heterocycles. The smallest absolute Gasteiger partial charge is 0.311 e. The molecule has 2 aliphatic carbocycles. The molecule has 1 saturated carbocycles. The SMILES string of the molecule is CC1(C(=O)O)CCCN(C(=O)C2CC23CCc2ccccc23)C1. The van der Waals surface area contributed by atoms with E-state index in [4.69, 9.17) is 0 Å². The molecule has 0 bridgehead atoms. The molecule has 4 rings (SSSR count). The molecule has 23 heavy (non-hydrogen) atoms. The van der Waals surface area contributed by atoms with Crippen LogP contribution in [0, 0.1) is 11.3 Å². The monoisotopic (exact) mass is 313 g/mol. The summed E-state index contributed by atoms with van der Waals surface area (Å²) in [5.74, 6) is -0.553. The van der Waals surface area contributed by atoms with Gasteiger partial charge >= 0.3 is 5.97 Å². The Bertz CT molecular complexity index is 685. The molecular formula is C19H23NO3. The number of fused-ring (bicyclic) bond motifs is 2. The molecule has 1 N–H and O–H groups in total. The second-order valence-electron chi connectivity index (χ2n) is 7.80. The minimum absolute atomic E-state index is 0.0464. The van der Waals surface area contributed by atoms with Crippen molar-refractivity contribution in [2.45, 2.75) is 44.4 Å². The number of carboxylic acids is 1. The topological polar surface area (TPSA) is 57.6 Å². The molecule has 1 aliphatic heterocycles. The van der Waals surface area contributed by atoms with Crippen LogP contribution in [-0.4, -0.2) is 35.0 Å². The normalized spacial score (nSPS) is 35.2. The number of nitrogens with zero attached hydrogens (tertiary/aromatic N) is 1. The Hall–Kier alpha value is -1.84. The predicted octanol–water partition coefficient (Wildman–Crippen LogP) is 2.60. The molecule has 3 atom stereocenters. The summed E-state index contributed by atoms with van der Waals surface area (Å²) >= 11 is 0.